The monoisotopic (exact) mass is 380 g/mol. The molecule has 4 nitrogen and oxygen atoms in total. The molecule has 0 radical (unpaired) electrons. The van der Waals surface area contributed by atoms with Gasteiger partial charge in [0.15, 0.2) is 0 Å². The number of rotatable bonds is 3. The Morgan fingerprint density at radius 2 is 1.93 bits per heavy atom. The number of hydrogen-bond acceptors (Lipinski definition) is 3. The van der Waals surface area contributed by atoms with Crippen LogP contribution < -0.4 is 5.32 Å². The molecule has 2 aromatic rings. The van der Waals surface area contributed by atoms with E-state index in [0.29, 0.717) is 11.5 Å². The highest BCUT2D eigenvalue weighted by molar-refractivity contribution is 5.70. The zero-order chi connectivity index (χ0) is 19.1. The number of alkyl carbamates (subject to hydrolysis) is 1. The summed E-state index contributed by atoms with van der Waals surface area (Å²) in [6.45, 7) is 3.13. The first-order valence-corrected chi connectivity index (χ1v) is 10.2. The Hall–Kier alpha value is -2.40. The lowest BCUT2D eigenvalue weighted by Crippen LogP contribution is -2.52. The van der Waals surface area contributed by atoms with Gasteiger partial charge in [-0.05, 0) is 67.4 Å². The smallest absolute Gasteiger partial charge is 0.407 e. The summed E-state index contributed by atoms with van der Waals surface area (Å²) in [5.41, 5.74) is 3.79. The summed E-state index contributed by atoms with van der Waals surface area (Å²) in [6, 6.07) is 12.8. The van der Waals surface area contributed by atoms with E-state index in [4.69, 9.17) is 4.74 Å². The fourth-order valence-electron chi connectivity index (χ4n) is 4.99. The van der Waals surface area contributed by atoms with Crippen LogP contribution in [0.5, 0.6) is 0 Å². The largest absolute Gasteiger partial charge is 0.445 e. The van der Waals surface area contributed by atoms with Gasteiger partial charge in [0.1, 0.15) is 11.9 Å². The van der Waals surface area contributed by atoms with Crippen LogP contribution in [0.25, 0.3) is 11.1 Å². The van der Waals surface area contributed by atoms with Gasteiger partial charge in [-0.3, -0.25) is 4.90 Å². The second-order valence-corrected chi connectivity index (χ2v) is 8.21. The van der Waals surface area contributed by atoms with Gasteiger partial charge in [-0.25, -0.2) is 9.18 Å². The van der Waals surface area contributed by atoms with Crippen molar-refractivity contribution in [2.45, 2.75) is 37.8 Å². The Balaban J connectivity index is 1.26. The third-order valence-corrected chi connectivity index (χ3v) is 6.55. The van der Waals surface area contributed by atoms with Crippen LogP contribution in [-0.4, -0.2) is 36.7 Å². The van der Waals surface area contributed by atoms with Crippen molar-refractivity contribution in [3.05, 3.63) is 59.4 Å². The van der Waals surface area contributed by atoms with Crippen LogP contribution in [-0.2, 0) is 11.2 Å². The lowest BCUT2D eigenvalue weighted by atomic mass is 9.86. The lowest BCUT2D eigenvalue weighted by Gasteiger charge is -2.43. The second kappa shape index (κ2) is 7.21. The lowest BCUT2D eigenvalue weighted by molar-refractivity contribution is -0.0339. The summed E-state index contributed by atoms with van der Waals surface area (Å²) in [5, 5.41) is 3.06. The van der Waals surface area contributed by atoms with Gasteiger partial charge in [0.25, 0.3) is 0 Å². The van der Waals surface area contributed by atoms with Crippen molar-refractivity contribution in [2.75, 3.05) is 19.6 Å². The molecule has 1 unspecified atom stereocenters. The molecular weight excluding hydrogens is 355 g/mol. The van der Waals surface area contributed by atoms with E-state index in [1.807, 2.05) is 24.3 Å². The predicted molar refractivity (Wildman–Crippen MR) is 105 cm³/mol. The second-order valence-electron chi connectivity index (χ2n) is 8.21. The van der Waals surface area contributed by atoms with Crippen molar-refractivity contribution >= 4 is 6.09 Å². The number of nitrogens with zero attached hydrogens (tertiary/aromatic N) is 1. The summed E-state index contributed by atoms with van der Waals surface area (Å²) in [4.78, 5) is 14.9. The van der Waals surface area contributed by atoms with Gasteiger partial charge in [-0.2, -0.15) is 0 Å². The third kappa shape index (κ3) is 3.28. The molecule has 5 heteroatoms. The van der Waals surface area contributed by atoms with E-state index >= 15 is 0 Å². The minimum absolute atomic E-state index is 0.0202. The van der Waals surface area contributed by atoms with Crippen molar-refractivity contribution < 1.29 is 13.9 Å². The van der Waals surface area contributed by atoms with Crippen molar-refractivity contribution in [3.63, 3.8) is 0 Å². The topological polar surface area (TPSA) is 41.6 Å². The highest BCUT2D eigenvalue weighted by Gasteiger charge is 2.37. The van der Waals surface area contributed by atoms with Crippen LogP contribution in [0.1, 0.15) is 36.4 Å². The van der Waals surface area contributed by atoms with Gasteiger partial charge in [0.05, 0.1) is 6.04 Å². The quantitative estimate of drug-likeness (QED) is 0.863. The molecule has 6 rings (SSSR count). The zero-order valence-electron chi connectivity index (χ0n) is 15.9. The molecule has 1 N–H and O–H groups in total. The number of piperidine rings is 3. The molecule has 0 spiro atoms. The van der Waals surface area contributed by atoms with Crippen molar-refractivity contribution in [1.82, 2.24) is 10.2 Å². The number of carbonyl (C=O) groups excluding carboxylic acids is 1. The zero-order valence-corrected chi connectivity index (χ0v) is 15.9. The number of ether oxygens (including phenoxy) is 1. The summed E-state index contributed by atoms with van der Waals surface area (Å²) in [5.74, 6) is 0.297. The Morgan fingerprint density at radius 3 is 2.68 bits per heavy atom. The Bertz CT molecular complexity index is 892. The minimum atomic E-state index is -0.310. The van der Waals surface area contributed by atoms with E-state index in [1.54, 1.807) is 12.1 Å². The molecule has 2 bridgehead atoms. The standard InChI is InChI=1S/C23H25FN2O2/c24-20-4-2-1-3-18(20)16-5-7-19-17(13-16)6-8-21(19)25-23(27)28-22-14-26-11-9-15(22)10-12-26/h1-5,7,13,15,21-22H,6,8-12,14H2,(H,25,27)/t21?,22-/m0/s1. The first-order chi connectivity index (χ1) is 13.7. The average Bonchev–Trinajstić information content (AvgIpc) is 3.11. The molecule has 3 fully saturated rings. The van der Waals surface area contributed by atoms with Crippen LogP contribution >= 0.6 is 0 Å². The van der Waals surface area contributed by atoms with Crippen molar-refractivity contribution in [3.8, 4) is 11.1 Å². The van der Waals surface area contributed by atoms with Crippen LogP contribution in [0, 0.1) is 11.7 Å². The molecule has 1 aliphatic carbocycles. The van der Waals surface area contributed by atoms with Crippen LogP contribution in [0.3, 0.4) is 0 Å². The average molecular weight is 380 g/mol. The maximum Gasteiger partial charge on any atom is 0.407 e. The number of aryl methyl sites for hydroxylation is 1. The Kier molecular flexibility index (Phi) is 4.55. The maximum absolute atomic E-state index is 14.1. The molecule has 0 saturated carbocycles. The van der Waals surface area contributed by atoms with Gasteiger partial charge >= 0.3 is 6.09 Å². The van der Waals surface area contributed by atoms with Gasteiger partial charge in [-0.1, -0.05) is 36.4 Å². The van der Waals surface area contributed by atoms with E-state index in [-0.39, 0.29) is 24.1 Å². The van der Waals surface area contributed by atoms with E-state index in [1.165, 1.54) is 11.6 Å². The SMILES string of the molecule is O=C(NC1CCc2cc(-c3ccccc3F)ccc21)O[C@H]1CN2CCC1CC2. The van der Waals surface area contributed by atoms with Crippen molar-refractivity contribution in [1.29, 1.82) is 0 Å². The number of carbonyl (C=O) groups is 1. The van der Waals surface area contributed by atoms with Gasteiger partial charge in [0, 0.05) is 12.1 Å². The maximum atomic E-state index is 14.1. The Labute approximate surface area is 164 Å². The van der Waals surface area contributed by atoms with Crippen molar-refractivity contribution in [2.24, 2.45) is 5.92 Å². The summed E-state index contributed by atoms with van der Waals surface area (Å²) in [7, 11) is 0. The molecule has 2 aromatic carbocycles. The first-order valence-electron chi connectivity index (χ1n) is 10.2. The minimum Gasteiger partial charge on any atom is -0.445 e. The van der Waals surface area contributed by atoms with Gasteiger partial charge in [-0.15, -0.1) is 0 Å². The normalized spacial score (nSPS) is 28.0. The third-order valence-electron chi connectivity index (χ3n) is 6.55. The predicted octanol–water partition coefficient (Wildman–Crippen LogP) is 4.30. The number of nitrogens with one attached hydrogen (secondary N) is 1. The highest BCUT2D eigenvalue weighted by atomic mass is 19.1. The molecule has 3 heterocycles. The number of halogens is 1. The van der Waals surface area contributed by atoms with Crippen LogP contribution in [0.4, 0.5) is 9.18 Å². The molecule has 3 saturated heterocycles. The molecule has 4 aliphatic rings. The van der Waals surface area contributed by atoms with Gasteiger partial charge in [0.2, 0.25) is 0 Å². The summed E-state index contributed by atoms with van der Waals surface area (Å²) >= 11 is 0. The fraction of sp³-hybridized carbons (Fsp3) is 0.435. The number of fused-ring (bicyclic) bond motifs is 4. The molecule has 1 amide bonds. The van der Waals surface area contributed by atoms with E-state index in [2.05, 4.69) is 10.2 Å². The fourth-order valence-corrected chi connectivity index (χ4v) is 4.99. The number of benzene rings is 2. The summed E-state index contributed by atoms with van der Waals surface area (Å²) < 4.78 is 19.9. The molecule has 146 valence electrons. The Morgan fingerprint density at radius 1 is 1.11 bits per heavy atom. The van der Waals surface area contributed by atoms with Gasteiger partial charge < -0.3 is 10.1 Å². The molecule has 28 heavy (non-hydrogen) atoms. The highest BCUT2D eigenvalue weighted by Crippen LogP contribution is 2.35. The molecule has 3 aliphatic heterocycles. The number of hydrogen-bond donors (Lipinski definition) is 1. The van der Waals surface area contributed by atoms with Crippen LogP contribution in [0.15, 0.2) is 42.5 Å². The van der Waals surface area contributed by atoms with E-state index in [0.717, 1.165) is 56.4 Å². The molecular formula is C23H25FN2O2. The number of amides is 1. The first kappa shape index (κ1) is 17.7. The van der Waals surface area contributed by atoms with E-state index in [9.17, 15) is 9.18 Å². The van der Waals surface area contributed by atoms with E-state index < -0.39 is 0 Å². The van der Waals surface area contributed by atoms with Crippen LogP contribution in [0.2, 0.25) is 0 Å². The molecule has 0 aromatic heterocycles. The summed E-state index contributed by atoms with van der Waals surface area (Å²) in [6.07, 6.45) is 3.70. The molecule has 2 atom stereocenters.